The Kier molecular flexibility index (Phi) is 5.92. The third-order valence-corrected chi connectivity index (χ3v) is 7.46. The molecule has 0 aromatic heterocycles. The van der Waals surface area contributed by atoms with E-state index in [0.717, 1.165) is 35.2 Å². The summed E-state index contributed by atoms with van der Waals surface area (Å²) < 4.78 is 5.56. The number of nitrogens with one attached hydrogen (secondary N) is 1. The third-order valence-electron chi connectivity index (χ3n) is 7.46. The van der Waals surface area contributed by atoms with E-state index in [1.807, 2.05) is 23.1 Å². The Hall–Kier alpha value is -3.76. The Morgan fingerprint density at radius 3 is 2.81 bits per heavy atom. The topological polar surface area (TPSA) is 138 Å². The second kappa shape index (κ2) is 9.28. The van der Waals surface area contributed by atoms with Crippen molar-refractivity contribution >= 4 is 40.6 Å². The second-order valence-electron chi connectivity index (χ2n) is 10.0. The zero-order chi connectivity index (χ0) is 25.7. The van der Waals surface area contributed by atoms with Crippen molar-refractivity contribution in [1.82, 2.24) is 0 Å². The lowest BCUT2D eigenvalue weighted by Crippen LogP contribution is -2.55. The van der Waals surface area contributed by atoms with Crippen molar-refractivity contribution in [2.45, 2.75) is 44.4 Å². The molecule has 3 amide bonds. The van der Waals surface area contributed by atoms with Crippen LogP contribution in [0.25, 0.3) is 0 Å². The Morgan fingerprint density at radius 1 is 1.16 bits per heavy atom. The van der Waals surface area contributed by atoms with Gasteiger partial charge in [-0.1, -0.05) is 6.07 Å². The molecule has 37 heavy (non-hydrogen) atoms. The lowest BCUT2D eigenvalue weighted by Gasteiger charge is -2.36. The van der Waals surface area contributed by atoms with Crippen LogP contribution in [-0.2, 0) is 32.1 Å². The van der Waals surface area contributed by atoms with E-state index in [0.29, 0.717) is 49.1 Å². The number of anilines is 3. The van der Waals surface area contributed by atoms with Gasteiger partial charge in [0.2, 0.25) is 5.91 Å². The Bertz CT molecular complexity index is 1320. The Labute approximate surface area is 214 Å². The summed E-state index contributed by atoms with van der Waals surface area (Å²) in [6.45, 7) is 1.58. The molecule has 0 spiro atoms. The van der Waals surface area contributed by atoms with Crippen LogP contribution in [0.4, 0.5) is 17.1 Å². The first-order chi connectivity index (χ1) is 17.9. The van der Waals surface area contributed by atoms with Crippen molar-refractivity contribution in [1.29, 1.82) is 0 Å². The molecule has 1 aliphatic carbocycles. The molecule has 10 heteroatoms. The van der Waals surface area contributed by atoms with Gasteiger partial charge in [-0.05, 0) is 66.6 Å². The molecule has 4 aliphatic rings. The maximum absolute atomic E-state index is 13.4. The number of aliphatic hydroxyl groups is 1. The molecule has 6 rings (SSSR count). The Morgan fingerprint density at radius 2 is 2.00 bits per heavy atom. The van der Waals surface area contributed by atoms with E-state index in [9.17, 15) is 19.5 Å². The Balaban J connectivity index is 1.18. The summed E-state index contributed by atoms with van der Waals surface area (Å²) in [5, 5.41) is 13.4. The first kappa shape index (κ1) is 23.6. The van der Waals surface area contributed by atoms with Gasteiger partial charge in [0.25, 0.3) is 11.8 Å². The monoisotopic (exact) mass is 503 g/mol. The first-order valence-corrected chi connectivity index (χ1v) is 12.7. The number of nitrogens with zero attached hydrogens (tertiary/aromatic N) is 3. The number of aliphatic imine (C=N–C) groups is 1. The molecule has 4 N–H and O–H groups in total. The zero-order valence-electron chi connectivity index (χ0n) is 20.4. The molecular weight excluding hydrogens is 474 g/mol. The average molecular weight is 504 g/mol. The summed E-state index contributed by atoms with van der Waals surface area (Å²) in [5.74, 6) is -0.136. The maximum atomic E-state index is 13.4. The highest BCUT2D eigenvalue weighted by atomic mass is 16.5. The quantitative estimate of drug-likeness (QED) is 0.544. The summed E-state index contributed by atoms with van der Waals surface area (Å²) in [5.41, 5.74) is 10.6. The fourth-order valence-corrected chi connectivity index (χ4v) is 5.20. The SMILES string of the molecule is NC1=NCc2cc(NC(=O)[C@H](O)C3OCCN(c4ccc5c(c4)N(CC4CC4)C(=O)CC5)C3=O)ccc21. The highest BCUT2D eigenvalue weighted by Crippen LogP contribution is 2.37. The number of fused-ring (bicyclic) bond motifs is 2. The number of carbonyl (C=O) groups excluding carboxylic acids is 3. The number of aliphatic hydroxyl groups excluding tert-OH is 1. The minimum absolute atomic E-state index is 0.107. The summed E-state index contributed by atoms with van der Waals surface area (Å²) in [4.78, 5) is 46.4. The van der Waals surface area contributed by atoms with Crippen LogP contribution in [0, 0.1) is 5.92 Å². The lowest BCUT2D eigenvalue weighted by molar-refractivity contribution is -0.150. The van der Waals surface area contributed by atoms with Crippen molar-refractivity contribution < 1.29 is 24.2 Å². The average Bonchev–Trinajstić information content (AvgIpc) is 3.65. The first-order valence-electron chi connectivity index (χ1n) is 12.7. The van der Waals surface area contributed by atoms with Gasteiger partial charge in [0.15, 0.2) is 12.2 Å². The summed E-state index contributed by atoms with van der Waals surface area (Å²) in [6.07, 6.45) is 0.391. The van der Waals surface area contributed by atoms with Crippen LogP contribution in [-0.4, -0.2) is 60.6 Å². The van der Waals surface area contributed by atoms with E-state index in [2.05, 4.69) is 10.3 Å². The van der Waals surface area contributed by atoms with Crippen LogP contribution >= 0.6 is 0 Å². The van der Waals surface area contributed by atoms with E-state index in [1.165, 1.54) is 4.90 Å². The van der Waals surface area contributed by atoms with E-state index in [4.69, 9.17) is 10.5 Å². The van der Waals surface area contributed by atoms with Gasteiger partial charge in [0.1, 0.15) is 5.84 Å². The van der Waals surface area contributed by atoms with Crippen molar-refractivity contribution in [2.24, 2.45) is 16.6 Å². The smallest absolute Gasteiger partial charge is 0.259 e. The number of nitrogens with two attached hydrogens (primary N) is 1. The molecule has 2 aromatic rings. The summed E-state index contributed by atoms with van der Waals surface area (Å²) >= 11 is 0. The molecule has 2 fully saturated rings. The van der Waals surface area contributed by atoms with Gasteiger partial charge in [-0.2, -0.15) is 0 Å². The predicted molar refractivity (Wildman–Crippen MR) is 137 cm³/mol. The fraction of sp³-hybridized carbons (Fsp3) is 0.407. The number of hydrogen-bond acceptors (Lipinski definition) is 7. The zero-order valence-corrected chi connectivity index (χ0v) is 20.4. The van der Waals surface area contributed by atoms with Crippen LogP contribution in [0.1, 0.15) is 36.0 Å². The standard InChI is InChI=1S/C27H29N5O5/c28-25-20-7-5-18(11-17(20)13-29-25)30-26(35)23(34)24-27(36)31(9-10-37-24)19-6-3-16-4-8-22(33)32(21(16)12-19)14-15-1-2-15/h3,5-7,11-12,15,23-24,34H,1-2,4,8-10,13-14H2,(H2,28,29)(H,30,35)/t23-,24?/m1/s1. The number of amidine groups is 1. The molecule has 1 saturated heterocycles. The molecule has 0 radical (unpaired) electrons. The van der Waals surface area contributed by atoms with Gasteiger partial charge in [-0.3, -0.25) is 19.4 Å². The summed E-state index contributed by atoms with van der Waals surface area (Å²) in [6, 6.07) is 10.9. The third kappa shape index (κ3) is 4.47. The molecular formula is C27H29N5O5. The molecule has 10 nitrogen and oxygen atoms in total. The van der Waals surface area contributed by atoms with Gasteiger partial charge in [-0.25, -0.2) is 0 Å². The van der Waals surface area contributed by atoms with Gasteiger partial charge in [0, 0.05) is 42.1 Å². The molecule has 2 aromatic carbocycles. The second-order valence-corrected chi connectivity index (χ2v) is 10.0. The van der Waals surface area contributed by atoms with E-state index in [1.54, 1.807) is 18.2 Å². The van der Waals surface area contributed by atoms with Gasteiger partial charge in [-0.15, -0.1) is 0 Å². The summed E-state index contributed by atoms with van der Waals surface area (Å²) in [7, 11) is 0. The molecule has 1 unspecified atom stereocenters. The van der Waals surface area contributed by atoms with E-state index < -0.39 is 24.0 Å². The maximum Gasteiger partial charge on any atom is 0.259 e. The van der Waals surface area contributed by atoms with E-state index >= 15 is 0 Å². The molecule has 2 atom stereocenters. The number of morpholine rings is 1. The number of rotatable bonds is 6. The predicted octanol–water partition coefficient (Wildman–Crippen LogP) is 1.33. The largest absolute Gasteiger partial charge is 0.383 e. The van der Waals surface area contributed by atoms with Crippen molar-refractivity contribution in [2.75, 3.05) is 34.8 Å². The minimum atomic E-state index is -1.70. The van der Waals surface area contributed by atoms with Crippen LogP contribution in [0.5, 0.6) is 0 Å². The molecule has 0 bridgehead atoms. The van der Waals surface area contributed by atoms with Gasteiger partial charge >= 0.3 is 0 Å². The van der Waals surface area contributed by atoms with E-state index in [-0.39, 0.29) is 19.1 Å². The molecule has 3 aliphatic heterocycles. The van der Waals surface area contributed by atoms with Gasteiger partial charge in [0.05, 0.1) is 13.2 Å². The highest BCUT2D eigenvalue weighted by Gasteiger charge is 2.40. The lowest BCUT2D eigenvalue weighted by atomic mass is 9.99. The van der Waals surface area contributed by atoms with Gasteiger partial charge < -0.3 is 30.7 Å². The number of carbonyl (C=O) groups is 3. The van der Waals surface area contributed by atoms with Crippen LogP contribution < -0.4 is 20.9 Å². The number of ether oxygens (including phenoxy) is 1. The normalized spacial score (nSPS) is 21.9. The van der Waals surface area contributed by atoms with Crippen LogP contribution in [0.3, 0.4) is 0 Å². The minimum Gasteiger partial charge on any atom is -0.383 e. The number of hydrogen-bond donors (Lipinski definition) is 3. The van der Waals surface area contributed by atoms with Crippen LogP contribution in [0.2, 0.25) is 0 Å². The number of aryl methyl sites for hydroxylation is 1. The van der Waals surface area contributed by atoms with Crippen molar-refractivity contribution in [3.05, 3.63) is 53.1 Å². The highest BCUT2D eigenvalue weighted by molar-refractivity contribution is 6.05. The van der Waals surface area contributed by atoms with Crippen molar-refractivity contribution in [3.8, 4) is 0 Å². The number of amides is 3. The molecule has 1 saturated carbocycles. The van der Waals surface area contributed by atoms with Crippen LogP contribution in [0.15, 0.2) is 41.4 Å². The fourth-order valence-electron chi connectivity index (χ4n) is 5.20. The number of benzene rings is 2. The van der Waals surface area contributed by atoms with Crippen molar-refractivity contribution in [3.63, 3.8) is 0 Å². The molecule has 192 valence electrons. The molecule has 3 heterocycles.